The summed E-state index contributed by atoms with van der Waals surface area (Å²) >= 11 is 0. The molecule has 0 radical (unpaired) electrons. The molecule has 8 heteroatoms. The molecule has 13 atom stereocenters. The van der Waals surface area contributed by atoms with Crippen LogP contribution in [0.4, 0.5) is 0 Å². The predicted molar refractivity (Wildman–Crippen MR) is 134 cm³/mol. The molecule has 8 nitrogen and oxygen atoms in total. The van der Waals surface area contributed by atoms with Crippen molar-refractivity contribution in [1.82, 2.24) is 0 Å². The van der Waals surface area contributed by atoms with E-state index in [1.54, 1.807) is 19.9 Å². The van der Waals surface area contributed by atoms with Crippen molar-refractivity contribution in [2.45, 2.75) is 115 Å². The van der Waals surface area contributed by atoms with Crippen LogP contribution in [0, 0.1) is 40.4 Å². The monoisotopic (exact) mass is 520 g/mol. The van der Waals surface area contributed by atoms with Crippen LogP contribution in [0.2, 0.25) is 0 Å². The van der Waals surface area contributed by atoms with E-state index in [0.717, 1.165) is 0 Å². The average Bonchev–Trinajstić information content (AvgIpc) is 3.23. The molecule has 4 fully saturated rings. The molecule has 1 saturated heterocycles. The Labute approximate surface area is 219 Å². The van der Waals surface area contributed by atoms with Crippen LogP contribution in [0.25, 0.3) is 0 Å². The van der Waals surface area contributed by atoms with Crippen LogP contribution in [0.5, 0.6) is 0 Å². The molecule has 5 aliphatic rings. The largest absolute Gasteiger partial charge is 0.462 e. The number of allylic oxidation sites excluding steroid dienone is 1. The summed E-state index contributed by atoms with van der Waals surface area (Å²) in [5, 5.41) is 56.2. The predicted octanol–water partition coefficient (Wildman–Crippen LogP) is 1.89. The van der Waals surface area contributed by atoms with Gasteiger partial charge in [-0.05, 0) is 87.7 Å². The van der Waals surface area contributed by atoms with Crippen molar-refractivity contribution in [1.29, 1.82) is 0 Å². The van der Waals surface area contributed by atoms with Gasteiger partial charge in [-0.25, -0.2) is 0 Å². The van der Waals surface area contributed by atoms with Crippen molar-refractivity contribution in [2.24, 2.45) is 40.4 Å². The molecule has 5 rings (SSSR count). The fraction of sp³-hybridized carbons (Fsp3) is 0.862. The van der Waals surface area contributed by atoms with Crippen molar-refractivity contribution >= 4 is 11.8 Å². The number of aliphatic hydroxyl groups is 5. The summed E-state index contributed by atoms with van der Waals surface area (Å²) in [6.07, 6.45) is 1.21. The third-order valence-electron chi connectivity index (χ3n) is 11.9. The number of ether oxygens (including phenoxy) is 1. The lowest BCUT2D eigenvalue weighted by Crippen LogP contribution is -2.63. The van der Waals surface area contributed by atoms with E-state index in [1.807, 2.05) is 20.8 Å². The van der Waals surface area contributed by atoms with Crippen LogP contribution in [0.3, 0.4) is 0 Å². The van der Waals surface area contributed by atoms with Gasteiger partial charge in [-0.15, -0.1) is 0 Å². The van der Waals surface area contributed by atoms with Gasteiger partial charge < -0.3 is 30.3 Å². The van der Waals surface area contributed by atoms with E-state index in [4.69, 9.17) is 4.74 Å². The molecule has 1 unspecified atom stereocenters. The molecule has 1 aliphatic heterocycles. The number of carbonyl (C=O) groups is 2. The van der Waals surface area contributed by atoms with Crippen molar-refractivity contribution in [3.8, 4) is 0 Å². The first-order valence-electron chi connectivity index (χ1n) is 14.0. The molecule has 0 amide bonds. The number of hydrogen-bond donors (Lipinski definition) is 5. The van der Waals surface area contributed by atoms with Crippen LogP contribution in [0.1, 0.15) is 79.6 Å². The summed E-state index contributed by atoms with van der Waals surface area (Å²) in [6.45, 7) is 9.21. The molecule has 0 aromatic rings. The number of carbonyl (C=O) groups excluding carboxylic acids is 2. The first-order chi connectivity index (χ1) is 17.1. The number of aliphatic hydroxyl groups excluding tert-OH is 3. The smallest absolute Gasteiger partial charge is 0.309 e. The van der Waals surface area contributed by atoms with E-state index in [-0.39, 0.29) is 48.5 Å². The molecular formula is C29H44O8. The van der Waals surface area contributed by atoms with Gasteiger partial charge in [0.1, 0.15) is 6.10 Å². The average molecular weight is 521 g/mol. The highest BCUT2D eigenvalue weighted by atomic mass is 16.6. The lowest BCUT2D eigenvalue weighted by atomic mass is 9.45. The molecule has 208 valence electrons. The minimum absolute atomic E-state index is 0.104. The van der Waals surface area contributed by atoms with Crippen molar-refractivity contribution in [3.63, 3.8) is 0 Å². The second-order valence-corrected chi connectivity index (χ2v) is 13.7. The summed E-state index contributed by atoms with van der Waals surface area (Å²) < 4.78 is 5.34. The van der Waals surface area contributed by atoms with E-state index in [2.05, 4.69) is 0 Å². The fourth-order valence-electron chi connectivity index (χ4n) is 9.39. The van der Waals surface area contributed by atoms with E-state index in [0.29, 0.717) is 37.7 Å². The molecule has 4 aliphatic carbocycles. The molecule has 0 aromatic carbocycles. The van der Waals surface area contributed by atoms with Crippen LogP contribution < -0.4 is 0 Å². The number of esters is 1. The molecule has 0 spiro atoms. The zero-order valence-corrected chi connectivity index (χ0v) is 22.7. The lowest BCUT2D eigenvalue weighted by molar-refractivity contribution is -0.178. The van der Waals surface area contributed by atoms with Gasteiger partial charge in [-0.2, -0.15) is 0 Å². The molecule has 37 heavy (non-hydrogen) atoms. The third-order valence-corrected chi connectivity index (χ3v) is 11.9. The van der Waals surface area contributed by atoms with E-state index in [9.17, 15) is 35.1 Å². The Morgan fingerprint density at radius 1 is 1.11 bits per heavy atom. The molecule has 5 N–H and O–H groups in total. The van der Waals surface area contributed by atoms with E-state index in [1.165, 1.54) is 0 Å². The quantitative estimate of drug-likeness (QED) is 0.354. The van der Waals surface area contributed by atoms with Crippen molar-refractivity contribution in [3.05, 3.63) is 11.6 Å². The van der Waals surface area contributed by atoms with Crippen LogP contribution in [-0.4, -0.2) is 72.9 Å². The zero-order chi connectivity index (χ0) is 27.3. The second kappa shape index (κ2) is 8.59. The maximum atomic E-state index is 13.3. The van der Waals surface area contributed by atoms with Gasteiger partial charge in [-0.3, -0.25) is 9.59 Å². The van der Waals surface area contributed by atoms with E-state index < -0.39 is 52.2 Å². The number of ketones is 1. The highest BCUT2D eigenvalue weighted by molar-refractivity contribution is 5.95. The standard InChI is InChI=1S/C29H44O8/c1-14-16(15(2)37-25(14)34)10-24(33)28(5,35)23-7-9-29(36)18-11-20(30)19-12-21(31)22(32)13-26(19,3)17(18)6-8-27(23,29)4/h11,14-17,19,21-24,31-33,35-36H,6-10,12-13H2,1-5H3/t14-,15+,16+,17+,19+,21-,22+,23+,24-,26-,27-,28?,29-/m1/s1. The number of fused-ring (bicyclic) bond motifs is 5. The van der Waals surface area contributed by atoms with Crippen LogP contribution >= 0.6 is 0 Å². The van der Waals surface area contributed by atoms with Gasteiger partial charge >= 0.3 is 5.97 Å². The first kappa shape index (κ1) is 27.3. The second-order valence-electron chi connectivity index (χ2n) is 13.7. The summed E-state index contributed by atoms with van der Waals surface area (Å²) in [4.78, 5) is 25.4. The Balaban J connectivity index is 1.44. The number of cyclic esters (lactones) is 1. The maximum Gasteiger partial charge on any atom is 0.309 e. The minimum atomic E-state index is -1.52. The zero-order valence-electron chi connectivity index (χ0n) is 22.7. The van der Waals surface area contributed by atoms with Crippen molar-refractivity contribution < 1.29 is 39.9 Å². The molecule has 0 aromatic heterocycles. The number of hydrogen-bond acceptors (Lipinski definition) is 8. The summed E-state index contributed by atoms with van der Waals surface area (Å²) in [5.74, 6) is -1.88. The van der Waals surface area contributed by atoms with Crippen molar-refractivity contribution in [2.75, 3.05) is 0 Å². The van der Waals surface area contributed by atoms with Gasteiger partial charge in [0.05, 0.1) is 35.4 Å². The third kappa shape index (κ3) is 3.65. The Morgan fingerprint density at radius 2 is 1.78 bits per heavy atom. The highest BCUT2D eigenvalue weighted by Crippen LogP contribution is 2.68. The molecular weight excluding hydrogens is 476 g/mol. The summed E-state index contributed by atoms with van der Waals surface area (Å²) in [6, 6.07) is 0. The van der Waals surface area contributed by atoms with Crippen LogP contribution in [-0.2, 0) is 14.3 Å². The normalized spacial score (nSPS) is 51.9. The topological polar surface area (TPSA) is 145 Å². The first-order valence-corrected chi connectivity index (χ1v) is 14.0. The SMILES string of the molecule is C[C@@H]1OC(=O)[C@H](C)[C@@H]1C[C@@H](O)C(C)(O)[C@H]1CC[C@@]2(O)C3=CC(=O)[C@@H]4C[C@@H](O)[C@@H](O)C[C@]4(C)[C@H]3CC[C@]12C. The van der Waals surface area contributed by atoms with E-state index >= 15 is 0 Å². The van der Waals surface area contributed by atoms with Gasteiger partial charge in [0, 0.05) is 17.3 Å². The fourth-order valence-corrected chi connectivity index (χ4v) is 9.39. The minimum Gasteiger partial charge on any atom is -0.462 e. The number of rotatable bonds is 4. The summed E-state index contributed by atoms with van der Waals surface area (Å²) in [5.41, 5.74) is -3.47. The van der Waals surface area contributed by atoms with Gasteiger partial charge in [0.25, 0.3) is 0 Å². The Hall–Kier alpha value is -1.32. The molecule has 3 saturated carbocycles. The highest BCUT2D eigenvalue weighted by Gasteiger charge is 2.69. The molecule has 0 bridgehead atoms. The van der Waals surface area contributed by atoms with Crippen LogP contribution in [0.15, 0.2) is 11.6 Å². The Bertz CT molecular complexity index is 1010. The Morgan fingerprint density at radius 3 is 2.41 bits per heavy atom. The van der Waals surface area contributed by atoms with Gasteiger partial charge in [0.15, 0.2) is 5.78 Å². The maximum absolute atomic E-state index is 13.3. The Kier molecular flexibility index (Phi) is 6.33. The summed E-state index contributed by atoms with van der Waals surface area (Å²) in [7, 11) is 0. The van der Waals surface area contributed by atoms with Gasteiger partial charge in [0.2, 0.25) is 0 Å². The van der Waals surface area contributed by atoms with Gasteiger partial charge in [-0.1, -0.05) is 20.8 Å². The lowest BCUT2D eigenvalue weighted by Gasteiger charge is -2.60. The molecule has 1 heterocycles.